The maximum Gasteiger partial charge on any atom is 0.352 e. The highest BCUT2D eigenvalue weighted by atomic mass is 32.2. The van der Waals surface area contributed by atoms with Gasteiger partial charge < -0.3 is 20.8 Å². The number of aryl methyl sites for hydroxylation is 2. The SMILES string of the molecule is CSc1c2sc(C3=C(C(=O)O)N4C(=O)[C@H]([C@@H](C)O)[C@H]4C3)c(C)n2c[n+]1CCCN. The molecule has 4 N–H and O–H groups in total. The van der Waals surface area contributed by atoms with E-state index >= 15 is 0 Å². The Balaban J connectivity index is 1.80. The molecule has 0 aliphatic carbocycles. The number of hydrogen-bond acceptors (Lipinski definition) is 6. The molecule has 2 aliphatic rings. The molecule has 0 bridgehead atoms. The van der Waals surface area contributed by atoms with Gasteiger partial charge in [-0.1, -0.05) is 23.1 Å². The first kappa shape index (κ1) is 20.4. The summed E-state index contributed by atoms with van der Waals surface area (Å²) in [6.45, 7) is 5.02. The van der Waals surface area contributed by atoms with Crippen molar-refractivity contribution in [3.8, 4) is 0 Å². The third-order valence-corrected chi connectivity index (χ3v) is 8.08. The van der Waals surface area contributed by atoms with E-state index in [1.807, 2.05) is 19.5 Å². The number of aliphatic hydroxyl groups excluding tert-OH is 1. The Morgan fingerprint density at radius 2 is 2.24 bits per heavy atom. The molecular weight excluding hydrogens is 412 g/mol. The molecule has 0 spiro atoms. The lowest BCUT2D eigenvalue weighted by atomic mass is 9.83. The van der Waals surface area contributed by atoms with Crippen molar-refractivity contribution >= 4 is 45.4 Å². The fraction of sp³-hybridized carbons (Fsp3) is 0.526. The Hall–Kier alpha value is -1.88. The number of aliphatic hydroxyl groups is 1. The van der Waals surface area contributed by atoms with Gasteiger partial charge in [0, 0.05) is 5.57 Å². The van der Waals surface area contributed by atoms with Crippen LogP contribution < -0.4 is 10.3 Å². The minimum atomic E-state index is -1.10. The number of nitrogens with zero attached hydrogens (tertiary/aromatic N) is 3. The number of nitrogens with two attached hydrogens (primary N) is 1. The normalized spacial score (nSPS) is 22.4. The standard InChI is InChI=1S/C19H24N4O4S2/c1-9-15(29-18-17(28-3)21(6-4-5-20)8-22(9)18)11-7-12-13(10(2)24)16(25)23(12)14(11)19(26)27/h8,10,12-13,24H,4-7,20H2,1-3H3/p+1/t10-,12-,13-/m1/s1. The number of carboxylic acids is 1. The molecular formula is C19H25N4O4S2+. The van der Waals surface area contributed by atoms with Crippen molar-refractivity contribution < 1.29 is 24.4 Å². The highest BCUT2D eigenvalue weighted by Crippen LogP contribution is 2.49. The van der Waals surface area contributed by atoms with Gasteiger partial charge >= 0.3 is 5.97 Å². The number of aromatic nitrogens is 2. The Kier molecular flexibility index (Phi) is 5.22. The first-order valence-corrected chi connectivity index (χ1v) is 11.6. The van der Waals surface area contributed by atoms with Crippen LogP contribution >= 0.6 is 23.1 Å². The van der Waals surface area contributed by atoms with E-state index in [1.165, 1.54) is 4.90 Å². The summed E-state index contributed by atoms with van der Waals surface area (Å²) in [5.74, 6) is -1.93. The molecule has 4 heterocycles. The van der Waals surface area contributed by atoms with Crippen LogP contribution in [0.4, 0.5) is 0 Å². The number of hydrogen-bond donors (Lipinski definition) is 3. The van der Waals surface area contributed by atoms with Crippen LogP contribution in [0.5, 0.6) is 0 Å². The van der Waals surface area contributed by atoms with Gasteiger partial charge in [0.05, 0.1) is 29.5 Å². The van der Waals surface area contributed by atoms with Gasteiger partial charge in [-0.25, -0.2) is 9.36 Å². The molecule has 2 aliphatic heterocycles. The van der Waals surface area contributed by atoms with Crippen molar-refractivity contribution in [3.63, 3.8) is 0 Å². The van der Waals surface area contributed by atoms with Crippen LogP contribution in [0.2, 0.25) is 0 Å². The Morgan fingerprint density at radius 1 is 1.52 bits per heavy atom. The second kappa shape index (κ2) is 7.42. The molecule has 1 amide bonds. The van der Waals surface area contributed by atoms with E-state index < -0.39 is 18.0 Å². The number of β-lactam (4-membered cyclic amide) rings is 1. The number of imidazole rings is 1. The summed E-state index contributed by atoms with van der Waals surface area (Å²) in [6.07, 6.45) is 4.62. The van der Waals surface area contributed by atoms with Crippen molar-refractivity contribution in [1.29, 1.82) is 0 Å². The first-order chi connectivity index (χ1) is 13.8. The smallest absolute Gasteiger partial charge is 0.352 e. The van der Waals surface area contributed by atoms with E-state index in [-0.39, 0.29) is 17.6 Å². The molecule has 0 aromatic carbocycles. The largest absolute Gasteiger partial charge is 0.477 e. The van der Waals surface area contributed by atoms with Crippen molar-refractivity contribution in [2.75, 3.05) is 12.8 Å². The summed E-state index contributed by atoms with van der Waals surface area (Å²) in [5, 5.41) is 20.9. The average Bonchev–Trinajstić information content (AvgIpc) is 3.28. The molecule has 156 valence electrons. The summed E-state index contributed by atoms with van der Waals surface area (Å²) in [5.41, 5.74) is 7.37. The summed E-state index contributed by atoms with van der Waals surface area (Å²) >= 11 is 3.21. The Bertz CT molecular complexity index is 1040. The minimum absolute atomic E-state index is 0.0613. The molecule has 4 rings (SSSR count). The topological polar surface area (TPSA) is 112 Å². The van der Waals surface area contributed by atoms with Crippen LogP contribution in [0.25, 0.3) is 10.4 Å². The zero-order chi connectivity index (χ0) is 21.0. The summed E-state index contributed by atoms with van der Waals surface area (Å²) < 4.78 is 4.28. The van der Waals surface area contributed by atoms with E-state index in [9.17, 15) is 19.8 Å². The number of carbonyl (C=O) groups is 2. The van der Waals surface area contributed by atoms with Crippen molar-refractivity contribution in [3.05, 3.63) is 22.6 Å². The average molecular weight is 438 g/mol. The van der Waals surface area contributed by atoms with Gasteiger partial charge in [0.25, 0.3) is 6.33 Å². The van der Waals surface area contributed by atoms with Crippen LogP contribution in [-0.2, 0) is 16.1 Å². The lowest BCUT2D eigenvalue weighted by Gasteiger charge is -2.44. The highest BCUT2D eigenvalue weighted by molar-refractivity contribution is 7.98. The van der Waals surface area contributed by atoms with Crippen molar-refractivity contribution in [2.24, 2.45) is 11.7 Å². The van der Waals surface area contributed by atoms with E-state index in [0.29, 0.717) is 18.5 Å². The third kappa shape index (κ3) is 2.92. The van der Waals surface area contributed by atoms with Crippen molar-refractivity contribution in [1.82, 2.24) is 9.30 Å². The second-order valence-electron chi connectivity index (χ2n) is 7.53. The molecule has 0 saturated carbocycles. The fourth-order valence-electron chi connectivity index (χ4n) is 4.46. The zero-order valence-electron chi connectivity index (χ0n) is 16.6. The molecule has 0 unspecified atom stereocenters. The van der Waals surface area contributed by atoms with Gasteiger partial charge in [-0.05, 0) is 39.5 Å². The van der Waals surface area contributed by atoms with E-state index in [4.69, 9.17) is 5.73 Å². The number of thiazole rings is 1. The Morgan fingerprint density at radius 3 is 2.83 bits per heavy atom. The lowest BCUT2D eigenvalue weighted by molar-refractivity contribution is -0.729. The zero-order valence-corrected chi connectivity index (χ0v) is 18.2. The number of amides is 1. The molecule has 29 heavy (non-hydrogen) atoms. The number of carboxylic acid groups (broad SMARTS) is 1. The first-order valence-electron chi connectivity index (χ1n) is 9.57. The van der Waals surface area contributed by atoms with Gasteiger partial charge in [0.2, 0.25) is 15.8 Å². The van der Waals surface area contributed by atoms with Crippen LogP contribution in [-0.4, -0.2) is 56.3 Å². The van der Waals surface area contributed by atoms with Crippen LogP contribution in [0.15, 0.2) is 17.1 Å². The number of fused-ring (bicyclic) bond motifs is 2. The van der Waals surface area contributed by atoms with Gasteiger partial charge in [-0.3, -0.25) is 4.79 Å². The van der Waals surface area contributed by atoms with Crippen LogP contribution in [0.3, 0.4) is 0 Å². The molecule has 10 heteroatoms. The number of rotatable bonds is 7. The summed E-state index contributed by atoms with van der Waals surface area (Å²) in [4.78, 5) is 27.8. The van der Waals surface area contributed by atoms with E-state index in [2.05, 4.69) is 8.97 Å². The van der Waals surface area contributed by atoms with E-state index in [1.54, 1.807) is 30.0 Å². The van der Waals surface area contributed by atoms with E-state index in [0.717, 1.165) is 33.4 Å². The van der Waals surface area contributed by atoms with Crippen molar-refractivity contribution in [2.45, 2.75) is 50.4 Å². The maximum absolute atomic E-state index is 12.5. The third-order valence-electron chi connectivity index (χ3n) is 5.81. The fourth-order valence-corrected chi connectivity index (χ4v) is 6.71. The lowest BCUT2D eigenvalue weighted by Crippen LogP contribution is -2.61. The molecule has 1 fully saturated rings. The molecule has 2 aromatic rings. The summed E-state index contributed by atoms with van der Waals surface area (Å²) in [7, 11) is 0. The van der Waals surface area contributed by atoms with Gasteiger partial charge in [0.1, 0.15) is 11.4 Å². The Labute approximate surface area is 176 Å². The second-order valence-corrected chi connectivity index (χ2v) is 9.32. The molecule has 0 radical (unpaired) electrons. The van der Waals surface area contributed by atoms with Gasteiger partial charge in [-0.2, -0.15) is 4.40 Å². The highest BCUT2D eigenvalue weighted by Gasteiger charge is 2.57. The molecule has 2 aromatic heterocycles. The van der Waals surface area contributed by atoms with Gasteiger partial charge in [0.15, 0.2) is 0 Å². The van der Waals surface area contributed by atoms with Crippen LogP contribution in [0, 0.1) is 12.8 Å². The molecule has 8 nitrogen and oxygen atoms in total. The summed E-state index contributed by atoms with van der Waals surface area (Å²) in [6, 6.07) is -0.279. The molecule has 3 atom stereocenters. The van der Waals surface area contributed by atoms with Gasteiger partial charge in [-0.15, -0.1) is 0 Å². The quantitative estimate of drug-likeness (QED) is 0.339. The predicted molar refractivity (Wildman–Crippen MR) is 111 cm³/mol. The number of carbonyl (C=O) groups excluding carboxylic acids is 1. The minimum Gasteiger partial charge on any atom is -0.477 e. The van der Waals surface area contributed by atoms with Crippen LogP contribution in [0.1, 0.15) is 30.3 Å². The number of aliphatic carboxylic acids is 1. The predicted octanol–water partition coefficient (Wildman–Crippen LogP) is 1.07. The maximum atomic E-state index is 12.5. The molecule has 1 saturated heterocycles. The number of thioether (sulfide) groups is 1. The monoisotopic (exact) mass is 437 g/mol.